The van der Waals surface area contributed by atoms with E-state index in [2.05, 4.69) is 9.97 Å². The van der Waals surface area contributed by atoms with E-state index in [0.717, 1.165) is 22.0 Å². The van der Waals surface area contributed by atoms with Gasteiger partial charge in [-0.3, -0.25) is 4.90 Å². The number of hydrogen-bond acceptors (Lipinski definition) is 7. The first kappa shape index (κ1) is 33.6. The maximum Gasteiger partial charge on any atom is 0.391 e. The van der Waals surface area contributed by atoms with Crippen molar-refractivity contribution in [1.29, 1.82) is 0 Å². The minimum atomic E-state index is -4.62. The first-order valence-electron chi connectivity index (χ1n) is 15.3. The van der Waals surface area contributed by atoms with Gasteiger partial charge < -0.3 is 9.47 Å². The number of benzene rings is 3. The summed E-state index contributed by atoms with van der Waals surface area (Å²) in [6, 6.07) is 12.9. The molecule has 3 atom stereocenters. The Kier molecular flexibility index (Phi) is 9.31. The van der Waals surface area contributed by atoms with Crippen LogP contribution >= 0.6 is 0 Å². The van der Waals surface area contributed by atoms with Gasteiger partial charge in [0.2, 0.25) is 5.95 Å². The summed E-state index contributed by atoms with van der Waals surface area (Å²) >= 11 is 0. The fourth-order valence-electron chi connectivity index (χ4n) is 6.51. The lowest BCUT2D eigenvalue weighted by atomic mass is 9.84. The van der Waals surface area contributed by atoms with Crippen LogP contribution in [0.3, 0.4) is 0 Å². The molecule has 0 bridgehead atoms. The minimum Gasteiger partial charge on any atom is -0.497 e. The molecule has 3 heterocycles. The zero-order chi connectivity index (χ0) is 34.2. The monoisotopic (exact) mass is 688 g/mol. The minimum absolute atomic E-state index is 0.0400. The van der Waals surface area contributed by atoms with E-state index >= 15 is 4.39 Å². The first-order chi connectivity index (χ1) is 22.9. The molecule has 0 spiro atoms. The lowest BCUT2D eigenvalue weighted by Gasteiger charge is -2.46. The Morgan fingerprint density at radius 2 is 1.73 bits per heavy atom. The van der Waals surface area contributed by atoms with Crippen LogP contribution in [-0.2, 0) is 16.6 Å². The van der Waals surface area contributed by atoms with Crippen LogP contribution in [0.5, 0.6) is 11.5 Å². The molecular formula is C34H33F5N4O4S. The molecule has 6 rings (SSSR count). The van der Waals surface area contributed by atoms with Gasteiger partial charge in [0, 0.05) is 42.5 Å². The number of likely N-dealkylation sites (tertiary alicyclic amines) is 1. The summed E-state index contributed by atoms with van der Waals surface area (Å²) in [4.78, 5) is 9.47. The molecule has 14 heteroatoms. The Morgan fingerprint density at radius 1 is 1.00 bits per heavy atom. The Balaban J connectivity index is 1.38. The third-order valence-corrected chi connectivity index (χ3v) is 10.8. The van der Waals surface area contributed by atoms with E-state index in [4.69, 9.17) is 9.47 Å². The largest absolute Gasteiger partial charge is 0.497 e. The molecule has 0 aliphatic carbocycles. The van der Waals surface area contributed by atoms with Crippen molar-refractivity contribution in [3.63, 3.8) is 0 Å². The van der Waals surface area contributed by atoms with Gasteiger partial charge in [-0.2, -0.15) is 13.2 Å². The number of hydrogen-bond donors (Lipinski definition) is 0. The molecule has 3 aromatic carbocycles. The van der Waals surface area contributed by atoms with E-state index in [0.29, 0.717) is 28.9 Å². The third-order valence-electron chi connectivity index (χ3n) is 9.04. The van der Waals surface area contributed by atoms with Crippen molar-refractivity contribution in [2.24, 2.45) is 5.92 Å². The molecule has 8 nitrogen and oxygen atoms in total. The van der Waals surface area contributed by atoms with Crippen molar-refractivity contribution in [2.45, 2.75) is 55.9 Å². The number of sulfonamides is 1. The Hall–Kier alpha value is -4.30. The van der Waals surface area contributed by atoms with Gasteiger partial charge in [-0.25, -0.2) is 31.5 Å². The fourth-order valence-corrected chi connectivity index (χ4v) is 7.93. The summed E-state index contributed by atoms with van der Waals surface area (Å²) < 4.78 is 112. The van der Waals surface area contributed by atoms with Crippen LogP contribution in [0.4, 0.5) is 27.9 Å². The van der Waals surface area contributed by atoms with Crippen molar-refractivity contribution in [3.8, 4) is 11.5 Å². The van der Waals surface area contributed by atoms with Crippen LogP contribution in [-0.4, -0.2) is 49.7 Å². The summed E-state index contributed by atoms with van der Waals surface area (Å²) in [6.07, 6.45) is -1.75. The van der Waals surface area contributed by atoms with Gasteiger partial charge in [-0.05, 0) is 79.4 Å². The van der Waals surface area contributed by atoms with Gasteiger partial charge >= 0.3 is 6.18 Å². The van der Waals surface area contributed by atoms with Gasteiger partial charge in [0.25, 0.3) is 10.0 Å². The van der Waals surface area contributed by atoms with E-state index in [-0.39, 0.29) is 44.2 Å². The molecule has 1 fully saturated rings. The highest BCUT2D eigenvalue weighted by Crippen LogP contribution is 2.48. The molecule has 0 radical (unpaired) electrons. The lowest BCUT2D eigenvalue weighted by molar-refractivity contribution is -0.192. The van der Waals surface area contributed by atoms with Gasteiger partial charge in [0.1, 0.15) is 28.0 Å². The number of fused-ring (bicyclic) bond motifs is 1. The highest BCUT2D eigenvalue weighted by atomic mass is 32.2. The van der Waals surface area contributed by atoms with Crippen molar-refractivity contribution >= 4 is 16.0 Å². The second-order valence-electron chi connectivity index (χ2n) is 11.9. The molecule has 0 unspecified atom stereocenters. The van der Waals surface area contributed by atoms with Gasteiger partial charge in [-0.15, -0.1) is 0 Å². The number of aryl methyl sites for hydroxylation is 1. The SMILES string of the molecule is COc1ccc(CN(c2ncccn2)S(=O)(=O)c2cc3c(cc2F)[C@@H](N2CC[C@@H](C(F)(F)F)C[C@H]2c2ccc(F)cc2)CCO3)c(C)c1. The maximum absolute atomic E-state index is 16.2. The first-order valence-corrected chi connectivity index (χ1v) is 16.8. The van der Waals surface area contributed by atoms with Crippen molar-refractivity contribution < 1.29 is 39.8 Å². The third kappa shape index (κ3) is 6.68. The Labute approximate surface area is 275 Å². The number of ether oxygens (including phenoxy) is 2. The molecule has 1 saturated heterocycles. The van der Waals surface area contributed by atoms with E-state index in [1.165, 1.54) is 49.8 Å². The standard InChI is InChI=1S/C34H33F5N4O4S/c1-21-16-26(46-2)9-6-23(21)20-43(33-40-12-3-13-41-33)48(44,45)32-19-31-27(18-28(32)36)29(11-15-47-31)42-14-10-24(34(37,38)39)17-30(42)22-4-7-25(35)8-5-22/h3-9,12-13,16,18-19,24,29-30H,10-11,14-15,17,20H2,1-2H3/t24-,29+,30+/m1/s1. The van der Waals surface area contributed by atoms with E-state index in [1.54, 1.807) is 25.1 Å². The number of rotatable bonds is 8. The van der Waals surface area contributed by atoms with Crippen molar-refractivity contribution in [3.05, 3.63) is 107 Å². The van der Waals surface area contributed by atoms with Crippen LogP contribution < -0.4 is 13.8 Å². The summed E-state index contributed by atoms with van der Waals surface area (Å²) in [6.45, 7) is 1.74. The van der Waals surface area contributed by atoms with Crippen molar-refractivity contribution in [2.75, 3.05) is 24.6 Å². The number of aromatic nitrogens is 2. The number of anilines is 1. The molecule has 254 valence electrons. The second kappa shape index (κ2) is 13.3. The zero-order valence-electron chi connectivity index (χ0n) is 26.1. The average Bonchev–Trinajstić information content (AvgIpc) is 3.07. The predicted octanol–water partition coefficient (Wildman–Crippen LogP) is 7.31. The molecular weight excluding hydrogens is 655 g/mol. The highest BCUT2D eigenvalue weighted by Gasteiger charge is 2.47. The zero-order valence-corrected chi connectivity index (χ0v) is 26.9. The summed E-state index contributed by atoms with van der Waals surface area (Å²) in [5.41, 5.74) is 2.16. The maximum atomic E-state index is 16.2. The fraction of sp³-hybridized carbons (Fsp3) is 0.353. The number of alkyl halides is 3. The molecule has 0 saturated carbocycles. The van der Waals surface area contributed by atoms with Crippen LogP contribution in [0.1, 0.15) is 53.6 Å². The number of halogens is 5. The molecule has 1 aromatic heterocycles. The average molecular weight is 689 g/mol. The normalized spacial score (nSPS) is 20.1. The second-order valence-corrected chi connectivity index (χ2v) is 13.7. The number of methoxy groups -OCH3 is 1. The highest BCUT2D eigenvalue weighted by molar-refractivity contribution is 7.92. The smallest absolute Gasteiger partial charge is 0.391 e. The Morgan fingerprint density at radius 3 is 2.40 bits per heavy atom. The number of nitrogens with zero attached hydrogens (tertiary/aromatic N) is 4. The van der Waals surface area contributed by atoms with Crippen LogP contribution in [0.25, 0.3) is 0 Å². The number of piperidine rings is 1. The van der Waals surface area contributed by atoms with E-state index in [1.807, 2.05) is 4.90 Å². The summed E-state index contributed by atoms with van der Waals surface area (Å²) in [5.74, 6) is -2.61. The van der Waals surface area contributed by atoms with E-state index in [9.17, 15) is 26.0 Å². The van der Waals surface area contributed by atoms with E-state index < -0.39 is 50.7 Å². The van der Waals surface area contributed by atoms with Crippen LogP contribution in [0, 0.1) is 24.5 Å². The summed E-state index contributed by atoms with van der Waals surface area (Å²) in [7, 11) is -3.11. The lowest BCUT2D eigenvalue weighted by Crippen LogP contribution is -2.44. The molecule has 0 amide bonds. The molecule has 4 aromatic rings. The van der Waals surface area contributed by atoms with Gasteiger partial charge in [0.05, 0.1) is 26.2 Å². The van der Waals surface area contributed by atoms with Gasteiger partial charge in [-0.1, -0.05) is 18.2 Å². The van der Waals surface area contributed by atoms with Gasteiger partial charge in [0.15, 0.2) is 0 Å². The predicted molar refractivity (Wildman–Crippen MR) is 167 cm³/mol. The molecule has 2 aliphatic rings. The van der Waals surface area contributed by atoms with Crippen LogP contribution in [0.2, 0.25) is 0 Å². The van der Waals surface area contributed by atoms with Crippen LogP contribution in [0.15, 0.2) is 78.0 Å². The quantitative estimate of drug-likeness (QED) is 0.180. The van der Waals surface area contributed by atoms with Crippen molar-refractivity contribution in [1.82, 2.24) is 14.9 Å². The molecule has 48 heavy (non-hydrogen) atoms. The summed E-state index contributed by atoms with van der Waals surface area (Å²) in [5, 5.41) is 0. The molecule has 0 N–H and O–H groups in total. The molecule has 2 aliphatic heterocycles. The Bertz CT molecular complexity index is 1880. The topological polar surface area (TPSA) is 84.9 Å².